The number of rotatable bonds is 6. The van der Waals surface area contributed by atoms with E-state index < -0.39 is 0 Å². The fraction of sp³-hybridized carbons (Fsp3) is 0.419. The molecule has 3 fully saturated rings. The second-order valence-corrected chi connectivity index (χ2v) is 11.6. The Morgan fingerprint density at radius 3 is 2.76 bits per heavy atom. The molecule has 4 aromatic rings. The molecule has 10 nitrogen and oxygen atoms in total. The number of para-hydroxylation sites is 1. The van der Waals surface area contributed by atoms with E-state index >= 15 is 0 Å². The van der Waals surface area contributed by atoms with Crippen LogP contribution in [0, 0.1) is 5.92 Å². The Balaban J connectivity index is 1.02. The van der Waals surface area contributed by atoms with Gasteiger partial charge in [-0.25, -0.2) is 14.8 Å². The summed E-state index contributed by atoms with van der Waals surface area (Å²) in [7, 11) is 0. The molecule has 7 rings (SSSR count). The van der Waals surface area contributed by atoms with Crippen LogP contribution in [0.2, 0.25) is 0 Å². The summed E-state index contributed by atoms with van der Waals surface area (Å²) in [6, 6.07) is 18.8. The summed E-state index contributed by atoms with van der Waals surface area (Å²) in [4.78, 5) is 33.9. The summed E-state index contributed by atoms with van der Waals surface area (Å²) < 4.78 is 2.02. The van der Waals surface area contributed by atoms with E-state index in [4.69, 9.17) is 9.97 Å². The minimum Gasteiger partial charge on any atom is -0.357 e. The van der Waals surface area contributed by atoms with Crippen LogP contribution in [-0.4, -0.2) is 80.3 Å². The van der Waals surface area contributed by atoms with Gasteiger partial charge in [0.05, 0.1) is 17.7 Å². The third-order valence-electron chi connectivity index (χ3n) is 8.90. The van der Waals surface area contributed by atoms with E-state index in [1.807, 2.05) is 52.2 Å². The van der Waals surface area contributed by atoms with Crippen molar-refractivity contribution in [2.75, 3.05) is 48.4 Å². The summed E-state index contributed by atoms with van der Waals surface area (Å²) >= 11 is 0. The number of nitrogens with one attached hydrogen (secondary N) is 2. The Kier molecular flexibility index (Phi) is 6.92. The number of fused-ring (bicyclic) bond motifs is 2. The maximum absolute atomic E-state index is 12.9. The van der Waals surface area contributed by atoms with Crippen LogP contribution >= 0.6 is 0 Å². The van der Waals surface area contributed by atoms with Crippen LogP contribution in [-0.2, 0) is 0 Å². The highest BCUT2D eigenvalue weighted by atomic mass is 16.2. The van der Waals surface area contributed by atoms with E-state index in [9.17, 15) is 4.79 Å². The fourth-order valence-electron chi connectivity index (χ4n) is 6.59. The van der Waals surface area contributed by atoms with E-state index in [0.717, 1.165) is 55.1 Å². The van der Waals surface area contributed by atoms with Crippen LogP contribution in [0.15, 0.2) is 67.1 Å². The zero-order chi connectivity index (χ0) is 27.8. The van der Waals surface area contributed by atoms with Crippen LogP contribution in [0.25, 0.3) is 16.9 Å². The third-order valence-corrected chi connectivity index (χ3v) is 8.90. The number of hydrogen-bond donors (Lipinski definition) is 2. The van der Waals surface area contributed by atoms with Gasteiger partial charge in [0.1, 0.15) is 12.1 Å². The number of hydrogen-bond acceptors (Lipinski definition) is 7. The quantitative estimate of drug-likeness (QED) is 0.355. The number of likely N-dealkylation sites (tertiary alicyclic amines) is 1. The number of carbonyl (C=O) groups is 1. The first kappa shape index (κ1) is 25.8. The maximum Gasteiger partial charge on any atom is 0.321 e. The van der Waals surface area contributed by atoms with Crippen LogP contribution < -0.4 is 15.5 Å². The molecule has 0 bridgehead atoms. The molecule has 5 heterocycles. The SMILES string of the molecule is CC(Nc1nccc(-n2cnc3cc(N4CC5CCCN5C4)ccc32)n1)C1CCCN(C(=O)Nc2ccccc2)C1. The molecule has 0 radical (unpaired) electrons. The monoisotopic (exact) mass is 551 g/mol. The van der Waals surface area contributed by atoms with E-state index in [2.05, 4.69) is 50.5 Å². The van der Waals surface area contributed by atoms with Gasteiger partial charge in [0, 0.05) is 55.8 Å². The van der Waals surface area contributed by atoms with E-state index in [0.29, 0.717) is 24.5 Å². The summed E-state index contributed by atoms with van der Waals surface area (Å²) in [6.07, 6.45) is 8.28. The Morgan fingerprint density at radius 1 is 1.00 bits per heavy atom. The first-order valence-electron chi connectivity index (χ1n) is 14.8. The molecule has 2 aromatic carbocycles. The highest BCUT2D eigenvalue weighted by Gasteiger charge is 2.34. The molecule has 0 spiro atoms. The summed E-state index contributed by atoms with van der Waals surface area (Å²) in [5, 5.41) is 6.53. The normalized spacial score (nSPS) is 21.7. The van der Waals surface area contributed by atoms with Gasteiger partial charge < -0.3 is 20.4 Å². The Labute approximate surface area is 240 Å². The Morgan fingerprint density at radius 2 is 1.88 bits per heavy atom. The van der Waals surface area contributed by atoms with Crippen molar-refractivity contribution < 1.29 is 4.79 Å². The first-order valence-corrected chi connectivity index (χ1v) is 14.8. The van der Waals surface area contributed by atoms with Gasteiger partial charge in [0.15, 0.2) is 0 Å². The second-order valence-electron chi connectivity index (χ2n) is 11.6. The zero-order valence-electron chi connectivity index (χ0n) is 23.5. The van der Waals surface area contributed by atoms with Crippen LogP contribution in [0.1, 0.15) is 32.6 Å². The minimum absolute atomic E-state index is 0.0495. The van der Waals surface area contributed by atoms with Gasteiger partial charge in [-0.15, -0.1) is 0 Å². The molecule has 41 heavy (non-hydrogen) atoms. The summed E-state index contributed by atoms with van der Waals surface area (Å²) in [5.74, 6) is 1.66. The zero-order valence-corrected chi connectivity index (χ0v) is 23.5. The lowest BCUT2D eigenvalue weighted by molar-refractivity contribution is 0.172. The number of benzene rings is 2. The lowest BCUT2D eigenvalue weighted by Crippen LogP contribution is -2.46. The number of nitrogens with zero attached hydrogens (tertiary/aromatic N) is 7. The second kappa shape index (κ2) is 11.0. The number of amides is 2. The van der Waals surface area contributed by atoms with Gasteiger partial charge in [-0.05, 0) is 74.9 Å². The summed E-state index contributed by atoms with van der Waals surface area (Å²) in [5.41, 5.74) is 4.04. The largest absolute Gasteiger partial charge is 0.357 e. The van der Waals surface area contributed by atoms with Crippen molar-refractivity contribution in [3.63, 3.8) is 0 Å². The van der Waals surface area contributed by atoms with Crippen molar-refractivity contribution in [3.05, 3.63) is 67.1 Å². The van der Waals surface area contributed by atoms with Crippen molar-refractivity contribution in [1.29, 1.82) is 0 Å². The topological polar surface area (TPSA) is 94.5 Å². The van der Waals surface area contributed by atoms with Crippen LogP contribution in [0.4, 0.5) is 22.1 Å². The predicted octanol–water partition coefficient (Wildman–Crippen LogP) is 4.80. The lowest BCUT2D eigenvalue weighted by atomic mass is 9.92. The standard InChI is InChI=1S/C31H37N9O/c1-22(23-7-5-15-37(18-23)31(41)35-24-8-3-2-4-9-24)34-30-32-14-13-29(36-30)40-20-33-27-17-25(11-12-28(27)40)39-19-26-10-6-16-38(26)21-39/h2-4,8-9,11-14,17,20,22-23,26H,5-7,10,15-16,18-19,21H2,1H3,(H,35,41)(H,32,34,36). The van der Waals surface area contributed by atoms with Crippen molar-refractivity contribution in [2.45, 2.75) is 44.7 Å². The highest BCUT2D eigenvalue weighted by Crippen LogP contribution is 2.30. The number of anilines is 3. The summed E-state index contributed by atoms with van der Waals surface area (Å²) in [6.45, 7) is 6.92. The van der Waals surface area contributed by atoms with Gasteiger partial charge in [0.2, 0.25) is 5.95 Å². The predicted molar refractivity (Wildman–Crippen MR) is 161 cm³/mol. The van der Waals surface area contributed by atoms with Gasteiger partial charge in [-0.2, -0.15) is 4.98 Å². The van der Waals surface area contributed by atoms with Gasteiger partial charge in [-0.1, -0.05) is 18.2 Å². The van der Waals surface area contributed by atoms with Crippen molar-refractivity contribution >= 4 is 34.4 Å². The number of imidazole rings is 1. The molecule has 3 aliphatic heterocycles. The molecule has 0 aliphatic carbocycles. The maximum atomic E-state index is 12.9. The van der Waals surface area contributed by atoms with Gasteiger partial charge in [-0.3, -0.25) is 9.47 Å². The molecule has 3 atom stereocenters. The lowest BCUT2D eigenvalue weighted by Gasteiger charge is -2.36. The molecular weight excluding hydrogens is 514 g/mol. The van der Waals surface area contributed by atoms with E-state index in [1.54, 1.807) is 6.20 Å². The number of piperidine rings is 1. The highest BCUT2D eigenvalue weighted by molar-refractivity contribution is 5.89. The number of carbonyl (C=O) groups excluding carboxylic acids is 1. The molecule has 212 valence electrons. The fourth-order valence-corrected chi connectivity index (χ4v) is 6.59. The number of aromatic nitrogens is 4. The third kappa shape index (κ3) is 5.31. The first-order chi connectivity index (χ1) is 20.1. The molecule has 3 saturated heterocycles. The molecule has 10 heteroatoms. The van der Waals surface area contributed by atoms with Gasteiger partial charge >= 0.3 is 6.03 Å². The van der Waals surface area contributed by atoms with Crippen LogP contribution in [0.5, 0.6) is 0 Å². The number of urea groups is 1. The van der Waals surface area contributed by atoms with Crippen LogP contribution in [0.3, 0.4) is 0 Å². The van der Waals surface area contributed by atoms with Crippen molar-refractivity contribution in [3.8, 4) is 5.82 Å². The molecule has 2 aromatic heterocycles. The molecule has 0 saturated carbocycles. The Hall–Kier alpha value is -4.18. The molecule has 3 aliphatic rings. The molecule has 2 amide bonds. The molecule has 2 N–H and O–H groups in total. The molecular formula is C31H37N9O. The average Bonchev–Trinajstić information content (AvgIpc) is 3.73. The van der Waals surface area contributed by atoms with Crippen molar-refractivity contribution in [1.82, 2.24) is 29.3 Å². The minimum atomic E-state index is -0.0495. The average molecular weight is 552 g/mol. The van der Waals surface area contributed by atoms with Crippen molar-refractivity contribution in [2.24, 2.45) is 5.92 Å². The van der Waals surface area contributed by atoms with E-state index in [-0.39, 0.29) is 12.1 Å². The Bertz CT molecular complexity index is 1510. The van der Waals surface area contributed by atoms with Gasteiger partial charge in [0.25, 0.3) is 0 Å². The smallest absolute Gasteiger partial charge is 0.321 e. The molecule has 3 unspecified atom stereocenters. The van der Waals surface area contributed by atoms with E-state index in [1.165, 1.54) is 25.1 Å².